The lowest BCUT2D eigenvalue weighted by molar-refractivity contribution is 0.265. The van der Waals surface area contributed by atoms with Crippen LogP contribution in [0.15, 0.2) is 35.3 Å². The second-order valence-corrected chi connectivity index (χ2v) is 7.18. The summed E-state index contributed by atoms with van der Waals surface area (Å²) >= 11 is 0. The number of aryl methyl sites for hydroxylation is 1. The van der Waals surface area contributed by atoms with Gasteiger partial charge in [0.1, 0.15) is 12.4 Å². The predicted molar refractivity (Wildman–Crippen MR) is 107 cm³/mol. The molecule has 1 aliphatic carbocycles. The van der Waals surface area contributed by atoms with E-state index in [0.717, 1.165) is 23.2 Å². The lowest BCUT2D eigenvalue weighted by Gasteiger charge is -2.21. The van der Waals surface area contributed by atoms with Gasteiger partial charge in [0.05, 0.1) is 6.61 Å². The Morgan fingerprint density at radius 2 is 2.00 bits per heavy atom. The molecule has 2 aromatic rings. The molecule has 1 atom stereocenters. The number of aromatic nitrogens is 3. The van der Waals surface area contributed by atoms with Gasteiger partial charge in [-0.3, -0.25) is 0 Å². The van der Waals surface area contributed by atoms with Crippen LogP contribution >= 0.6 is 0 Å². The quantitative estimate of drug-likeness (QED) is 0.512. The lowest BCUT2D eigenvalue weighted by atomic mass is 10.0. The molecule has 146 valence electrons. The highest BCUT2D eigenvalue weighted by Gasteiger charge is 2.17. The molecule has 1 heterocycles. The van der Waals surface area contributed by atoms with E-state index in [1.54, 1.807) is 0 Å². The van der Waals surface area contributed by atoms with Gasteiger partial charge in [0.25, 0.3) is 0 Å². The topological polar surface area (TPSA) is 87.4 Å². The highest BCUT2D eigenvalue weighted by molar-refractivity contribution is 5.80. The fourth-order valence-corrected chi connectivity index (χ4v) is 3.39. The van der Waals surface area contributed by atoms with Crippen LogP contribution in [-0.4, -0.2) is 45.0 Å². The Kier molecular flexibility index (Phi) is 6.81. The van der Waals surface area contributed by atoms with Crippen molar-refractivity contribution in [3.63, 3.8) is 0 Å². The summed E-state index contributed by atoms with van der Waals surface area (Å²) in [6.45, 7) is 3.11. The molecule has 0 aliphatic heterocycles. The Morgan fingerprint density at radius 1 is 1.26 bits per heavy atom. The van der Waals surface area contributed by atoms with Gasteiger partial charge in [-0.05, 0) is 25.3 Å². The highest BCUT2D eigenvalue weighted by Crippen LogP contribution is 2.18. The van der Waals surface area contributed by atoms with Crippen molar-refractivity contribution >= 4 is 5.96 Å². The third-order valence-corrected chi connectivity index (χ3v) is 5.26. The maximum absolute atomic E-state index is 9.80. The first-order valence-electron chi connectivity index (χ1n) is 9.73. The number of aliphatic hydroxyl groups excluding tert-OH is 1. The van der Waals surface area contributed by atoms with Crippen molar-refractivity contribution in [1.82, 2.24) is 25.4 Å². The zero-order valence-corrected chi connectivity index (χ0v) is 16.2. The monoisotopic (exact) mass is 370 g/mol. The molecule has 1 aromatic carbocycles. The van der Waals surface area contributed by atoms with Gasteiger partial charge in [-0.1, -0.05) is 43.2 Å². The Bertz CT molecular complexity index is 736. The first-order valence-corrected chi connectivity index (χ1v) is 9.73. The molecule has 0 amide bonds. The smallest absolute Gasteiger partial charge is 0.191 e. The third kappa shape index (κ3) is 5.29. The summed E-state index contributed by atoms with van der Waals surface area (Å²) in [5, 5.41) is 25.0. The number of benzene rings is 1. The van der Waals surface area contributed by atoms with Gasteiger partial charge < -0.3 is 20.3 Å². The molecule has 1 aliphatic rings. The number of rotatable bonds is 7. The standard InChI is InChI=1S/C20H30N6O/c1-15-24-25-19(26(15)2)13-22-20(23-18-10-6-7-11-18)21-12-17(14-27)16-8-4-3-5-9-16/h3-5,8-9,17-18,27H,6-7,10-14H2,1-2H3,(H2,21,22,23). The minimum atomic E-state index is 0.0267. The number of aliphatic hydroxyl groups is 1. The number of nitrogens with zero attached hydrogens (tertiary/aromatic N) is 4. The first-order chi connectivity index (χ1) is 13.2. The van der Waals surface area contributed by atoms with Crippen LogP contribution in [0.5, 0.6) is 0 Å². The molecule has 0 bridgehead atoms. The zero-order valence-electron chi connectivity index (χ0n) is 16.2. The largest absolute Gasteiger partial charge is 0.396 e. The Labute approximate surface area is 160 Å². The minimum absolute atomic E-state index is 0.0267. The van der Waals surface area contributed by atoms with Gasteiger partial charge in [0.15, 0.2) is 11.8 Å². The summed E-state index contributed by atoms with van der Waals surface area (Å²) in [4.78, 5) is 4.72. The highest BCUT2D eigenvalue weighted by atomic mass is 16.3. The maximum Gasteiger partial charge on any atom is 0.191 e. The van der Waals surface area contributed by atoms with Crippen LogP contribution in [0.2, 0.25) is 0 Å². The summed E-state index contributed by atoms with van der Waals surface area (Å²) in [6, 6.07) is 10.5. The van der Waals surface area contributed by atoms with Crippen LogP contribution in [0.4, 0.5) is 0 Å². The molecule has 7 heteroatoms. The lowest BCUT2D eigenvalue weighted by Crippen LogP contribution is -2.44. The Balaban J connectivity index is 1.67. The van der Waals surface area contributed by atoms with E-state index in [1.165, 1.54) is 25.7 Å². The molecule has 1 unspecified atom stereocenters. The van der Waals surface area contributed by atoms with Crippen LogP contribution in [0.3, 0.4) is 0 Å². The molecule has 3 N–H and O–H groups in total. The van der Waals surface area contributed by atoms with E-state index >= 15 is 0 Å². The second-order valence-electron chi connectivity index (χ2n) is 7.18. The zero-order chi connectivity index (χ0) is 19.1. The molecular formula is C20H30N6O. The van der Waals surface area contributed by atoms with Gasteiger partial charge >= 0.3 is 0 Å². The normalized spacial score (nSPS) is 16.5. The average Bonchev–Trinajstić information content (AvgIpc) is 3.32. The third-order valence-electron chi connectivity index (χ3n) is 5.26. The number of hydrogen-bond donors (Lipinski definition) is 3. The van der Waals surface area contributed by atoms with E-state index in [2.05, 4.69) is 20.8 Å². The predicted octanol–water partition coefficient (Wildman–Crippen LogP) is 1.88. The van der Waals surface area contributed by atoms with E-state index in [-0.39, 0.29) is 12.5 Å². The molecule has 1 aromatic heterocycles. The fourth-order valence-electron chi connectivity index (χ4n) is 3.39. The minimum Gasteiger partial charge on any atom is -0.396 e. The molecule has 27 heavy (non-hydrogen) atoms. The molecule has 1 saturated carbocycles. The van der Waals surface area contributed by atoms with Crippen molar-refractivity contribution in [2.75, 3.05) is 13.2 Å². The fraction of sp³-hybridized carbons (Fsp3) is 0.550. The summed E-state index contributed by atoms with van der Waals surface area (Å²) in [6.07, 6.45) is 4.87. The Morgan fingerprint density at radius 3 is 2.63 bits per heavy atom. The van der Waals surface area contributed by atoms with Crippen molar-refractivity contribution in [3.8, 4) is 0 Å². The van der Waals surface area contributed by atoms with E-state index in [4.69, 9.17) is 4.99 Å². The first kappa shape index (κ1) is 19.4. The molecule has 1 fully saturated rings. The molecule has 3 rings (SSSR count). The molecular weight excluding hydrogens is 340 g/mol. The van der Waals surface area contributed by atoms with Crippen molar-refractivity contribution in [3.05, 3.63) is 47.5 Å². The van der Waals surface area contributed by atoms with E-state index < -0.39 is 0 Å². The van der Waals surface area contributed by atoms with E-state index in [0.29, 0.717) is 19.1 Å². The van der Waals surface area contributed by atoms with E-state index in [9.17, 15) is 5.11 Å². The van der Waals surface area contributed by atoms with Crippen molar-refractivity contribution < 1.29 is 5.11 Å². The van der Waals surface area contributed by atoms with Gasteiger partial charge in [0.2, 0.25) is 0 Å². The van der Waals surface area contributed by atoms with Gasteiger partial charge in [-0.15, -0.1) is 10.2 Å². The van der Waals surface area contributed by atoms with Gasteiger partial charge in [-0.2, -0.15) is 0 Å². The number of nitrogens with one attached hydrogen (secondary N) is 2. The molecule has 0 saturated heterocycles. The number of guanidine groups is 1. The molecule has 7 nitrogen and oxygen atoms in total. The molecule has 0 spiro atoms. The van der Waals surface area contributed by atoms with Crippen molar-refractivity contribution in [2.24, 2.45) is 12.0 Å². The Hall–Kier alpha value is -2.41. The summed E-state index contributed by atoms with van der Waals surface area (Å²) < 4.78 is 1.96. The maximum atomic E-state index is 9.80. The second kappa shape index (κ2) is 9.50. The van der Waals surface area contributed by atoms with Crippen molar-refractivity contribution in [2.45, 2.75) is 51.1 Å². The summed E-state index contributed by atoms with van der Waals surface area (Å²) in [7, 11) is 1.95. The van der Waals surface area contributed by atoms with Crippen LogP contribution in [0, 0.1) is 6.92 Å². The molecule has 0 radical (unpaired) electrons. The summed E-state index contributed by atoms with van der Waals surface area (Å²) in [5.41, 5.74) is 1.12. The van der Waals surface area contributed by atoms with Crippen molar-refractivity contribution in [1.29, 1.82) is 0 Å². The number of aliphatic imine (C=N–C) groups is 1. The van der Waals surface area contributed by atoms with Gasteiger partial charge in [0, 0.05) is 25.6 Å². The van der Waals surface area contributed by atoms with E-state index in [1.807, 2.05) is 48.9 Å². The van der Waals surface area contributed by atoms with Crippen LogP contribution in [0.25, 0.3) is 0 Å². The van der Waals surface area contributed by atoms with Crippen LogP contribution < -0.4 is 10.6 Å². The summed E-state index contributed by atoms with van der Waals surface area (Å²) in [5.74, 6) is 2.51. The average molecular weight is 371 g/mol. The number of hydrogen-bond acceptors (Lipinski definition) is 4. The SMILES string of the molecule is Cc1nnc(CN=C(NCC(CO)c2ccccc2)NC2CCCC2)n1C. The van der Waals surface area contributed by atoms with Gasteiger partial charge in [-0.25, -0.2) is 4.99 Å². The van der Waals surface area contributed by atoms with Crippen LogP contribution in [-0.2, 0) is 13.6 Å². The van der Waals surface area contributed by atoms with Crippen LogP contribution in [0.1, 0.15) is 48.8 Å².